The fourth-order valence-corrected chi connectivity index (χ4v) is 2.73. The Hall–Kier alpha value is -2.80. The average Bonchev–Trinajstić information content (AvgIpc) is 2.68. The highest BCUT2D eigenvalue weighted by molar-refractivity contribution is 5.83. The quantitative estimate of drug-likeness (QED) is 0.457. The summed E-state index contributed by atoms with van der Waals surface area (Å²) in [5.74, 6) is 0.942. The summed E-state index contributed by atoms with van der Waals surface area (Å²) in [5, 5.41) is 0. The van der Waals surface area contributed by atoms with Crippen LogP contribution in [0.2, 0.25) is 0 Å². The molecule has 0 fully saturated rings. The smallest absolute Gasteiger partial charge is 0.127 e. The topological polar surface area (TPSA) is 9.23 Å². The molecule has 25 heavy (non-hydrogen) atoms. The van der Waals surface area contributed by atoms with E-state index in [2.05, 4.69) is 92.7 Å². The maximum atomic E-state index is 6.14. The predicted octanol–water partition coefficient (Wildman–Crippen LogP) is 6.70. The number of rotatable bonds is 6. The van der Waals surface area contributed by atoms with Crippen LogP contribution >= 0.6 is 0 Å². The SMILES string of the molecule is CCC(C)Oc1ccccc1-c1ccccc1/C=C/c1ccccc1. The van der Waals surface area contributed by atoms with Gasteiger partial charge in [0.25, 0.3) is 0 Å². The molecule has 1 nitrogen and oxygen atoms in total. The number of hydrogen-bond acceptors (Lipinski definition) is 1. The molecule has 3 aromatic carbocycles. The maximum absolute atomic E-state index is 6.14. The van der Waals surface area contributed by atoms with Crippen LogP contribution < -0.4 is 4.74 Å². The molecule has 1 unspecified atom stereocenters. The molecule has 3 rings (SSSR count). The van der Waals surface area contributed by atoms with Gasteiger partial charge in [0.15, 0.2) is 0 Å². The van der Waals surface area contributed by atoms with Gasteiger partial charge in [-0.2, -0.15) is 0 Å². The van der Waals surface area contributed by atoms with Crippen molar-refractivity contribution in [3.05, 3.63) is 90.0 Å². The molecule has 0 aromatic heterocycles. The van der Waals surface area contributed by atoms with Crippen LogP contribution in [0.3, 0.4) is 0 Å². The van der Waals surface area contributed by atoms with Gasteiger partial charge in [0.2, 0.25) is 0 Å². The molecule has 3 aromatic rings. The standard InChI is InChI=1S/C24H24O/c1-3-19(2)25-24-16-10-9-15-23(24)22-14-8-7-13-21(22)18-17-20-11-5-4-6-12-20/h4-19H,3H2,1-2H3/b18-17+. The molecule has 1 atom stereocenters. The van der Waals surface area contributed by atoms with Crippen molar-refractivity contribution in [2.45, 2.75) is 26.4 Å². The molecule has 0 aliphatic heterocycles. The van der Waals surface area contributed by atoms with E-state index in [4.69, 9.17) is 4.74 Å². The summed E-state index contributed by atoms with van der Waals surface area (Å²) < 4.78 is 6.14. The van der Waals surface area contributed by atoms with Crippen LogP contribution in [0.25, 0.3) is 23.3 Å². The van der Waals surface area contributed by atoms with Crippen molar-refractivity contribution in [2.24, 2.45) is 0 Å². The van der Waals surface area contributed by atoms with E-state index in [0.717, 1.165) is 17.7 Å². The molecular formula is C24H24O. The lowest BCUT2D eigenvalue weighted by molar-refractivity contribution is 0.218. The van der Waals surface area contributed by atoms with E-state index in [1.807, 2.05) is 12.1 Å². The molecule has 0 saturated carbocycles. The summed E-state index contributed by atoms with van der Waals surface area (Å²) in [6.45, 7) is 4.25. The molecule has 0 bridgehead atoms. The predicted molar refractivity (Wildman–Crippen MR) is 108 cm³/mol. The third-order valence-corrected chi connectivity index (χ3v) is 4.30. The van der Waals surface area contributed by atoms with Crippen molar-refractivity contribution in [3.63, 3.8) is 0 Å². The third-order valence-electron chi connectivity index (χ3n) is 4.30. The summed E-state index contributed by atoms with van der Waals surface area (Å²) in [4.78, 5) is 0. The Labute approximate surface area is 150 Å². The maximum Gasteiger partial charge on any atom is 0.127 e. The summed E-state index contributed by atoms with van der Waals surface area (Å²) in [5.41, 5.74) is 4.71. The minimum Gasteiger partial charge on any atom is -0.490 e. The van der Waals surface area contributed by atoms with E-state index in [0.29, 0.717) is 0 Å². The second-order valence-electron chi connectivity index (χ2n) is 6.16. The van der Waals surface area contributed by atoms with Gasteiger partial charge in [0, 0.05) is 5.56 Å². The van der Waals surface area contributed by atoms with Gasteiger partial charge < -0.3 is 4.74 Å². The van der Waals surface area contributed by atoms with E-state index in [1.165, 1.54) is 16.7 Å². The van der Waals surface area contributed by atoms with Crippen molar-refractivity contribution in [3.8, 4) is 16.9 Å². The first-order valence-corrected chi connectivity index (χ1v) is 8.86. The largest absolute Gasteiger partial charge is 0.490 e. The molecule has 0 heterocycles. The van der Waals surface area contributed by atoms with E-state index in [-0.39, 0.29) is 6.10 Å². The summed E-state index contributed by atoms with van der Waals surface area (Å²) in [6, 6.07) is 27.1. The Morgan fingerprint density at radius 1 is 0.760 bits per heavy atom. The van der Waals surface area contributed by atoms with Crippen molar-refractivity contribution in [1.29, 1.82) is 0 Å². The van der Waals surface area contributed by atoms with Crippen LogP contribution in [0, 0.1) is 0 Å². The number of ether oxygens (including phenoxy) is 1. The van der Waals surface area contributed by atoms with Gasteiger partial charge >= 0.3 is 0 Å². The summed E-state index contributed by atoms with van der Waals surface area (Å²) in [7, 11) is 0. The molecule has 0 aliphatic carbocycles. The van der Waals surface area contributed by atoms with Crippen molar-refractivity contribution < 1.29 is 4.74 Å². The van der Waals surface area contributed by atoms with Crippen LogP contribution in [0.5, 0.6) is 5.75 Å². The molecule has 0 spiro atoms. The molecule has 0 saturated heterocycles. The molecular weight excluding hydrogens is 304 g/mol. The van der Waals surface area contributed by atoms with Crippen LogP contribution in [0.4, 0.5) is 0 Å². The fraction of sp³-hybridized carbons (Fsp3) is 0.167. The molecule has 1 heteroatoms. The Kier molecular flexibility index (Phi) is 5.69. The van der Waals surface area contributed by atoms with Crippen LogP contribution in [0.1, 0.15) is 31.4 Å². The Balaban J connectivity index is 1.98. The molecule has 0 aliphatic rings. The average molecular weight is 328 g/mol. The Morgan fingerprint density at radius 2 is 1.40 bits per heavy atom. The first-order valence-electron chi connectivity index (χ1n) is 8.86. The monoisotopic (exact) mass is 328 g/mol. The highest BCUT2D eigenvalue weighted by Crippen LogP contribution is 2.33. The van der Waals surface area contributed by atoms with Gasteiger partial charge in [-0.05, 0) is 36.1 Å². The third kappa shape index (κ3) is 4.39. The van der Waals surface area contributed by atoms with Crippen molar-refractivity contribution >= 4 is 12.2 Å². The zero-order valence-electron chi connectivity index (χ0n) is 14.9. The van der Waals surface area contributed by atoms with Gasteiger partial charge in [0.1, 0.15) is 5.75 Å². The Morgan fingerprint density at radius 3 is 2.16 bits per heavy atom. The second-order valence-corrected chi connectivity index (χ2v) is 6.16. The van der Waals surface area contributed by atoms with Crippen LogP contribution in [-0.4, -0.2) is 6.10 Å². The van der Waals surface area contributed by atoms with Gasteiger partial charge in [-0.25, -0.2) is 0 Å². The minimum absolute atomic E-state index is 0.202. The van der Waals surface area contributed by atoms with Crippen molar-refractivity contribution in [1.82, 2.24) is 0 Å². The number of benzene rings is 3. The van der Waals surface area contributed by atoms with Crippen LogP contribution in [0.15, 0.2) is 78.9 Å². The molecule has 0 N–H and O–H groups in total. The first-order chi connectivity index (χ1) is 12.3. The second kappa shape index (κ2) is 8.34. The lowest BCUT2D eigenvalue weighted by Gasteiger charge is -2.17. The highest BCUT2D eigenvalue weighted by atomic mass is 16.5. The lowest BCUT2D eigenvalue weighted by Crippen LogP contribution is -2.10. The van der Waals surface area contributed by atoms with E-state index in [1.54, 1.807) is 0 Å². The normalized spacial score (nSPS) is 12.2. The van der Waals surface area contributed by atoms with E-state index < -0.39 is 0 Å². The lowest BCUT2D eigenvalue weighted by atomic mass is 9.98. The summed E-state index contributed by atoms with van der Waals surface area (Å²) >= 11 is 0. The van der Waals surface area contributed by atoms with Crippen molar-refractivity contribution in [2.75, 3.05) is 0 Å². The molecule has 126 valence electrons. The summed E-state index contributed by atoms with van der Waals surface area (Å²) in [6.07, 6.45) is 5.51. The minimum atomic E-state index is 0.202. The number of para-hydroxylation sites is 1. The zero-order chi connectivity index (χ0) is 17.5. The highest BCUT2D eigenvalue weighted by Gasteiger charge is 2.10. The van der Waals surface area contributed by atoms with Gasteiger partial charge in [-0.15, -0.1) is 0 Å². The Bertz CT molecular complexity index is 833. The van der Waals surface area contributed by atoms with Gasteiger partial charge in [0.05, 0.1) is 6.10 Å². The zero-order valence-corrected chi connectivity index (χ0v) is 14.9. The molecule has 0 radical (unpaired) electrons. The molecule has 0 amide bonds. The fourth-order valence-electron chi connectivity index (χ4n) is 2.73. The van der Waals surface area contributed by atoms with E-state index in [9.17, 15) is 0 Å². The van der Waals surface area contributed by atoms with Crippen LogP contribution in [-0.2, 0) is 0 Å². The number of hydrogen-bond donors (Lipinski definition) is 0. The van der Waals surface area contributed by atoms with E-state index >= 15 is 0 Å². The van der Waals surface area contributed by atoms with Gasteiger partial charge in [-0.3, -0.25) is 0 Å². The first kappa shape index (κ1) is 17.0. The van der Waals surface area contributed by atoms with Gasteiger partial charge in [-0.1, -0.05) is 91.9 Å².